The molecule has 0 spiro atoms. The highest BCUT2D eigenvalue weighted by Gasteiger charge is 2.15. The predicted octanol–water partition coefficient (Wildman–Crippen LogP) is 2.01. The highest BCUT2D eigenvalue weighted by molar-refractivity contribution is 5.98. The molecule has 2 N–H and O–H groups in total. The highest BCUT2D eigenvalue weighted by Crippen LogP contribution is 2.20. The Morgan fingerprint density at radius 1 is 0.909 bits per heavy atom. The molecule has 22 heavy (non-hydrogen) atoms. The van der Waals surface area contributed by atoms with Crippen molar-refractivity contribution in [1.29, 1.82) is 0 Å². The fourth-order valence-electron chi connectivity index (χ4n) is 1.76. The smallest absolute Gasteiger partial charge is 0.291 e. The van der Waals surface area contributed by atoms with Crippen molar-refractivity contribution in [1.82, 2.24) is 16.0 Å². The van der Waals surface area contributed by atoms with Gasteiger partial charge in [-0.1, -0.05) is 23.4 Å². The molecule has 0 saturated heterocycles. The second-order valence-electron chi connectivity index (χ2n) is 4.33. The SMILES string of the molecule is O=C(NNC(=O)c1cc(-c2ccco2)on1)c1ccccc1. The van der Waals surface area contributed by atoms with Gasteiger partial charge in [-0.05, 0) is 24.3 Å². The molecule has 0 bridgehead atoms. The Morgan fingerprint density at radius 3 is 2.41 bits per heavy atom. The van der Waals surface area contributed by atoms with Crippen LogP contribution >= 0.6 is 0 Å². The van der Waals surface area contributed by atoms with Gasteiger partial charge in [0.1, 0.15) is 0 Å². The number of aromatic nitrogens is 1. The van der Waals surface area contributed by atoms with E-state index < -0.39 is 11.8 Å². The summed E-state index contributed by atoms with van der Waals surface area (Å²) in [5.74, 6) is -0.237. The molecule has 7 nitrogen and oxygen atoms in total. The summed E-state index contributed by atoms with van der Waals surface area (Å²) in [7, 11) is 0. The van der Waals surface area contributed by atoms with Crippen molar-refractivity contribution in [3.63, 3.8) is 0 Å². The standard InChI is InChI=1S/C15H11N3O4/c19-14(10-5-2-1-3-6-10)16-17-15(20)11-9-13(22-18-11)12-7-4-8-21-12/h1-9H,(H,16,19)(H,17,20). The highest BCUT2D eigenvalue weighted by atomic mass is 16.5. The molecule has 7 heteroatoms. The zero-order valence-electron chi connectivity index (χ0n) is 11.3. The van der Waals surface area contributed by atoms with Crippen LogP contribution in [0.2, 0.25) is 0 Å². The number of hydrogen-bond donors (Lipinski definition) is 2. The van der Waals surface area contributed by atoms with E-state index in [0.717, 1.165) is 0 Å². The molecule has 2 amide bonds. The van der Waals surface area contributed by atoms with Gasteiger partial charge >= 0.3 is 0 Å². The van der Waals surface area contributed by atoms with E-state index in [-0.39, 0.29) is 5.69 Å². The van der Waals surface area contributed by atoms with E-state index in [0.29, 0.717) is 17.1 Å². The molecule has 2 aromatic heterocycles. The quantitative estimate of drug-likeness (QED) is 0.721. The van der Waals surface area contributed by atoms with Crippen LogP contribution in [0.5, 0.6) is 0 Å². The van der Waals surface area contributed by atoms with Crippen molar-refractivity contribution < 1.29 is 18.5 Å². The van der Waals surface area contributed by atoms with Gasteiger partial charge in [-0.3, -0.25) is 20.4 Å². The molecule has 1 aromatic carbocycles. The van der Waals surface area contributed by atoms with Gasteiger partial charge in [0.25, 0.3) is 11.8 Å². The first kappa shape index (κ1) is 13.6. The number of nitrogens with zero attached hydrogens (tertiary/aromatic N) is 1. The van der Waals surface area contributed by atoms with Crippen LogP contribution in [0.1, 0.15) is 20.8 Å². The lowest BCUT2D eigenvalue weighted by Crippen LogP contribution is -2.41. The first-order valence-electron chi connectivity index (χ1n) is 6.40. The maximum absolute atomic E-state index is 11.9. The minimum absolute atomic E-state index is 0.0276. The first-order chi connectivity index (χ1) is 10.7. The van der Waals surface area contributed by atoms with Gasteiger partial charge < -0.3 is 8.94 Å². The molecule has 0 fully saturated rings. The fourth-order valence-corrected chi connectivity index (χ4v) is 1.76. The van der Waals surface area contributed by atoms with E-state index in [9.17, 15) is 9.59 Å². The number of furan rings is 1. The number of carbonyl (C=O) groups excluding carboxylic acids is 2. The molecule has 0 aliphatic carbocycles. The van der Waals surface area contributed by atoms with Gasteiger partial charge in [-0.15, -0.1) is 0 Å². The summed E-state index contributed by atoms with van der Waals surface area (Å²) in [4.78, 5) is 23.7. The summed E-state index contributed by atoms with van der Waals surface area (Å²) in [6, 6.07) is 13.3. The van der Waals surface area contributed by atoms with Crippen molar-refractivity contribution in [2.24, 2.45) is 0 Å². The van der Waals surface area contributed by atoms with Gasteiger partial charge in [-0.2, -0.15) is 0 Å². The Balaban J connectivity index is 1.62. The Hall–Kier alpha value is -3.35. The average Bonchev–Trinajstić information content (AvgIpc) is 3.23. The number of amides is 2. The molecule has 0 aliphatic heterocycles. The second-order valence-corrected chi connectivity index (χ2v) is 4.33. The Labute approximate surface area is 124 Å². The number of hydrogen-bond acceptors (Lipinski definition) is 5. The topological polar surface area (TPSA) is 97.4 Å². The number of nitrogens with one attached hydrogen (secondary N) is 2. The van der Waals surface area contributed by atoms with Crippen molar-refractivity contribution in [2.45, 2.75) is 0 Å². The van der Waals surface area contributed by atoms with Gasteiger partial charge in [0, 0.05) is 11.6 Å². The van der Waals surface area contributed by atoms with Crippen LogP contribution in [0.15, 0.2) is 63.7 Å². The number of rotatable bonds is 3. The van der Waals surface area contributed by atoms with Crippen LogP contribution in [-0.2, 0) is 0 Å². The number of carbonyl (C=O) groups is 2. The van der Waals surface area contributed by atoms with E-state index in [1.807, 2.05) is 0 Å². The molecule has 3 aromatic rings. The normalized spacial score (nSPS) is 10.2. The van der Waals surface area contributed by atoms with Gasteiger partial charge in [0.15, 0.2) is 11.5 Å². The molecule has 0 radical (unpaired) electrons. The maximum atomic E-state index is 11.9. The monoisotopic (exact) mass is 297 g/mol. The molecule has 0 saturated carbocycles. The third-order valence-corrected chi connectivity index (χ3v) is 2.83. The summed E-state index contributed by atoms with van der Waals surface area (Å²) >= 11 is 0. The third-order valence-electron chi connectivity index (χ3n) is 2.83. The lowest BCUT2D eigenvalue weighted by atomic mass is 10.2. The molecule has 2 heterocycles. The van der Waals surface area contributed by atoms with Crippen LogP contribution in [0, 0.1) is 0 Å². The molecule has 3 rings (SSSR count). The number of hydrazine groups is 1. The van der Waals surface area contributed by atoms with Gasteiger partial charge in [0.2, 0.25) is 5.76 Å². The molecular formula is C15H11N3O4. The van der Waals surface area contributed by atoms with E-state index >= 15 is 0 Å². The van der Waals surface area contributed by atoms with E-state index in [1.165, 1.54) is 12.3 Å². The lowest BCUT2D eigenvalue weighted by molar-refractivity contribution is 0.0841. The van der Waals surface area contributed by atoms with Crippen LogP contribution < -0.4 is 10.9 Å². The molecule has 110 valence electrons. The minimum atomic E-state index is -0.592. The van der Waals surface area contributed by atoms with Crippen LogP contribution in [-0.4, -0.2) is 17.0 Å². The van der Waals surface area contributed by atoms with Crippen LogP contribution in [0.4, 0.5) is 0 Å². The Bertz CT molecular complexity index is 778. The van der Waals surface area contributed by atoms with Gasteiger partial charge in [-0.25, -0.2) is 0 Å². The Kier molecular flexibility index (Phi) is 3.69. The molecule has 0 atom stereocenters. The zero-order chi connectivity index (χ0) is 15.4. The zero-order valence-corrected chi connectivity index (χ0v) is 11.3. The average molecular weight is 297 g/mol. The Morgan fingerprint density at radius 2 is 1.68 bits per heavy atom. The van der Waals surface area contributed by atoms with Gasteiger partial charge in [0.05, 0.1) is 6.26 Å². The first-order valence-corrected chi connectivity index (χ1v) is 6.40. The second kappa shape index (κ2) is 5.96. The predicted molar refractivity (Wildman–Crippen MR) is 75.6 cm³/mol. The summed E-state index contributed by atoms with van der Waals surface area (Å²) < 4.78 is 10.1. The number of benzene rings is 1. The van der Waals surface area contributed by atoms with Crippen LogP contribution in [0.3, 0.4) is 0 Å². The third kappa shape index (κ3) is 2.88. The van der Waals surface area contributed by atoms with Crippen molar-refractivity contribution >= 4 is 11.8 Å². The largest absolute Gasteiger partial charge is 0.461 e. The van der Waals surface area contributed by atoms with E-state index in [2.05, 4.69) is 16.0 Å². The molecule has 0 aliphatic rings. The summed E-state index contributed by atoms with van der Waals surface area (Å²) in [6.45, 7) is 0. The summed E-state index contributed by atoms with van der Waals surface area (Å²) in [5, 5.41) is 3.62. The fraction of sp³-hybridized carbons (Fsp3) is 0. The van der Waals surface area contributed by atoms with Crippen molar-refractivity contribution in [3.8, 4) is 11.5 Å². The van der Waals surface area contributed by atoms with Crippen molar-refractivity contribution in [2.75, 3.05) is 0 Å². The van der Waals surface area contributed by atoms with E-state index in [4.69, 9.17) is 8.94 Å². The summed E-state index contributed by atoms with van der Waals surface area (Å²) in [6.07, 6.45) is 1.48. The molecule has 0 unspecified atom stereocenters. The summed E-state index contributed by atoms with van der Waals surface area (Å²) in [5.41, 5.74) is 5.02. The maximum Gasteiger partial charge on any atom is 0.291 e. The molecular weight excluding hydrogens is 286 g/mol. The van der Waals surface area contributed by atoms with E-state index in [1.54, 1.807) is 42.5 Å². The van der Waals surface area contributed by atoms with Crippen LogP contribution in [0.25, 0.3) is 11.5 Å². The van der Waals surface area contributed by atoms with Crippen molar-refractivity contribution in [3.05, 3.63) is 66.1 Å². The lowest BCUT2D eigenvalue weighted by Gasteiger charge is -2.05. The minimum Gasteiger partial charge on any atom is -0.461 e.